The maximum atomic E-state index is 14.4. The van der Waals surface area contributed by atoms with Crippen LogP contribution >= 0.6 is 0 Å². The third-order valence-electron chi connectivity index (χ3n) is 3.48. The Labute approximate surface area is 86.2 Å². The van der Waals surface area contributed by atoms with E-state index in [-0.39, 0.29) is 11.8 Å². The van der Waals surface area contributed by atoms with Gasteiger partial charge in [-0.25, -0.2) is 4.39 Å². The van der Waals surface area contributed by atoms with Crippen molar-refractivity contribution in [3.05, 3.63) is 0 Å². The van der Waals surface area contributed by atoms with Crippen molar-refractivity contribution in [2.45, 2.75) is 32.4 Å². The fourth-order valence-corrected chi connectivity index (χ4v) is 2.15. The summed E-state index contributed by atoms with van der Waals surface area (Å²) in [7, 11) is 1.63. The quantitative estimate of drug-likeness (QED) is 0.754. The number of alkyl halides is 1. The Kier molecular flexibility index (Phi) is 4.32. The highest BCUT2D eigenvalue weighted by atomic mass is 19.1. The second-order valence-electron chi connectivity index (χ2n) is 4.55. The molecule has 1 rings (SSSR count). The van der Waals surface area contributed by atoms with Crippen LogP contribution in [-0.2, 0) is 4.74 Å². The number of methoxy groups -OCH3 is 1. The van der Waals surface area contributed by atoms with Crippen LogP contribution < -0.4 is 5.32 Å². The number of piperidine rings is 1. The van der Waals surface area contributed by atoms with Crippen LogP contribution in [0, 0.1) is 11.8 Å². The highest BCUT2D eigenvalue weighted by Crippen LogP contribution is 2.34. The van der Waals surface area contributed by atoms with E-state index in [1.165, 1.54) is 0 Å². The fourth-order valence-electron chi connectivity index (χ4n) is 2.15. The molecule has 0 bridgehead atoms. The van der Waals surface area contributed by atoms with Crippen LogP contribution in [0.1, 0.15) is 26.7 Å². The van der Waals surface area contributed by atoms with E-state index in [2.05, 4.69) is 5.32 Å². The molecule has 0 aromatic rings. The molecule has 0 aromatic carbocycles. The average Bonchev–Trinajstić information content (AvgIpc) is 2.19. The molecule has 3 heteroatoms. The molecule has 3 unspecified atom stereocenters. The van der Waals surface area contributed by atoms with Crippen molar-refractivity contribution in [3.8, 4) is 0 Å². The number of ether oxygens (including phenoxy) is 1. The molecule has 0 radical (unpaired) electrons. The minimum atomic E-state index is -1.11. The van der Waals surface area contributed by atoms with E-state index in [1.54, 1.807) is 14.0 Å². The van der Waals surface area contributed by atoms with E-state index in [4.69, 9.17) is 4.74 Å². The summed E-state index contributed by atoms with van der Waals surface area (Å²) in [5.41, 5.74) is -1.11. The van der Waals surface area contributed by atoms with E-state index in [1.807, 2.05) is 6.92 Å². The number of hydrogen-bond donors (Lipinski definition) is 1. The molecule has 0 amide bonds. The van der Waals surface area contributed by atoms with Crippen molar-refractivity contribution in [2.24, 2.45) is 11.8 Å². The molecule has 1 aliphatic heterocycles. The third-order valence-corrected chi connectivity index (χ3v) is 3.48. The average molecular weight is 203 g/mol. The topological polar surface area (TPSA) is 21.3 Å². The SMILES string of the molecule is COCC(C)C(C)(F)C1CCCNC1. The Hall–Kier alpha value is -0.150. The molecule has 2 nitrogen and oxygen atoms in total. The van der Waals surface area contributed by atoms with Gasteiger partial charge in [-0.2, -0.15) is 0 Å². The van der Waals surface area contributed by atoms with Gasteiger partial charge in [0.15, 0.2) is 0 Å². The first-order chi connectivity index (χ1) is 6.59. The number of hydrogen-bond acceptors (Lipinski definition) is 2. The van der Waals surface area contributed by atoms with Crippen LogP contribution in [0.2, 0.25) is 0 Å². The maximum absolute atomic E-state index is 14.4. The largest absolute Gasteiger partial charge is 0.384 e. The molecule has 14 heavy (non-hydrogen) atoms. The normalized spacial score (nSPS) is 29.6. The smallest absolute Gasteiger partial charge is 0.117 e. The summed E-state index contributed by atoms with van der Waals surface area (Å²) in [6.07, 6.45) is 2.08. The molecule has 0 aromatic heterocycles. The van der Waals surface area contributed by atoms with Gasteiger partial charge in [0.2, 0.25) is 0 Å². The highest BCUT2D eigenvalue weighted by Gasteiger charge is 2.39. The van der Waals surface area contributed by atoms with Gasteiger partial charge >= 0.3 is 0 Å². The van der Waals surface area contributed by atoms with Gasteiger partial charge in [0.05, 0.1) is 6.61 Å². The Morgan fingerprint density at radius 3 is 2.86 bits per heavy atom. The Morgan fingerprint density at radius 1 is 1.64 bits per heavy atom. The van der Waals surface area contributed by atoms with Gasteiger partial charge in [0, 0.05) is 25.5 Å². The lowest BCUT2D eigenvalue weighted by atomic mass is 9.77. The van der Waals surface area contributed by atoms with Crippen LogP contribution in [-0.4, -0.2) is 32.5 Å². The van der Waals surface area contributed by atoms with Crippen molar-refractivity contribution >= 4 is 0 Å². The highest BCUT2D eigenvalue weighted by molar-refractivity contribution is 4.90. The molecular weight excluding hydrogens is 181 g/mol. The molecule has 1 aliphatic rings. The van der Waals surface area contributed by atoms with Gasteiger partial charge in [-0.3, -0.25) is 0 Å². The lowest BCUT2D eigenvalue weighted by Gasteiger charge is -2.37. The third kappa shape index (κ3) is 2.67. The van der Waals surface area contributed by atoms with Crippen LogP contribution in [0.25, 0.3) is 0 Å². The van der Waals surface area contributed by atoms with Gasteiger partial charge in [-0.05, 0) is 26.3 Å². The summed E-state index contributed by atoms with van der Waals surface area (Å²) >= 11 is 0. The molecule has 0 saturated carbocycles. The minimum Gasteiger partial charge on any atom is -0.384 e. The number of halogens is 1. The van der Waals surface area contributed by atoms with Crippen LogP contribution in [0.15, 0.2) is 0 Å². The van der Waals surface area contributed by atoms with Crippen molar-refractivity contribution in [3.63, 3.8) is 0 Å². The summed E-state index contributed by atoms with van der Waals surface area (Å²) in [5.74, 6) is 0.110. The predicted molar refractivity (Wildman–Crippen MR) is 56.1 cm³/mol. The van der Waals surface area contributed by atoms with Crippen molar-refractivity contribution in [1.29, 1.82) is 0 Å². The second-order valence-corrected chi connectivity index (χ2v) is 4.55. The monoisotopic (exact) mass is 203 g/mol. The summed E-state index contributed by atoms with van der Waals surface area (Å²) < 4.78 is 19.5. The second kappa shape index (κ2) is 5.08. The summed E-state index contributed by atoms with van der Waals surface area (Å²) in [4.78, 5) is 0. The molecule has 3 atom stereocenters. The van der Waals surface area contributed by atoms with E-state index < -0.39 is 5.67 Å². The van der Waals surface area contributed by atoms with E-state index in [0.717, 1.165) is 25.9 Å². The first-order valence-electron chi connectivity index (χ1n) is 5.47. The lowest BCUT2D eigenvalue weighted by Crippen LogP contribution is -2.46. The van der Waals surface area contributed by atoms with Crippen molar-refractivity contribution in [2.75, 3.05) is 26.8 Å². The van der Waals surface area contributed by atoms with Gasteiger partial charge in [-0.1, -0.05) is 6.92 Å². The summed E-state index contributed by atoms with van der Waals surface area (Å²) in [5, 5.41) is 3.26. The van der Waals surface area contributed by atoms with E-state index in [9.17, 15) is 4.39 Å². The lowest BCUT2D eigenvalue weighted by molar-refractivity contribution is -0.00696. The first kappa shape index (κ1) is 11.9. The molecule has 0 spiro atoms. The van der Waals surface area contributed by atoms with Gasteiger partial charge in [0.25, 0.3) is 0 Å². The van der Waals surface area contributed by atoms with Crippen molar-refractivity contribution in [1.82, 2.24) is 5.32 Å². The first-order valence-corrected chi connectivity index (χ1v) is 5.47. The van der Waals surface area contributed by atoms with Gasteiger partial charge in [0.1, 0.15) is 5.67 Å². The van der Waals surface area contributed by atoms with E-state index in [0.29, 0.717) is 6.61 Å². The Bertz CT molecular complexity index is 167. The Balaban J connectivity index is 2.52. The molecule has 1 fully saturated rings. The molecule has 1 heterocycles. The summed E-state index contributed by atoms with van der Waals surface area (Å²) in [6.45, 7) is 5.99. The van der Waals surface area contributed by atoms with Crippen LogP contribution in [0.3, 0.4) is 0 Å². The Morgan fingerprint density at radius 2 is 2.36 bits per heavy atom. The molecule has 1 N–H and O–H groups in total. The maximum Gasteiger partial charge on any atom is 0.117 e. The zero-order valence-electron chi connectivity index (χ0n) is 9.48. The molecular formula is C11H22FNO. The number of rotatable bonds is 4. The van der Waals surface area contributed by atoms with E-state index >= 15 is 0 Å². The standard InChI is InChI=1S/C11H22FNO/c1-9(8-14-3)11(2,12)10-5-4-6-13-7-10/h9-10,13H,4-8H2,1-3H3. The zero-order valence-corrected chi connectivity index (χ0v) is 9.48. The zero-order chi connectivity index (χ0) is 10.6. The van der Waals surface area contributed by atoms with Crippen LogP contribution in [0.5, 0.6) is 0 Å². The molecule has 1 saturated heterocycles. The van der Waals surface area contributed by atoms with Gasteiger partial charge in [-0.15, -0.1) is 0 Å². The van der Waals surface area contributed by atoms with Gasteiger partial charge < -0.3 is 10.1 Å². The van der Waals surface area contributed by atoms with Crippen LogP contribution in [0.4, 0.5) is 4.39 Å². The predicted octanol–water partition coefficient (Wildman–Crippen LogP) is 2.00. The summed E-state index contributed by atoms with van der Waals surface area (Å²) in [6, 6.07) is 0. The minimum absolute atomic E-state index is 0.0302. The van der Waals surface area contributed by atoms with Crippen molar-refractivity contribution < 1.29 is 9.13 Å². The molecule has 84 valence electrons. The number of nitrogens with one attached hydrogen (secondary N) is 1. The fraction of sp³-hybridized carbons (Fsp3) is 1.00. The molecule has 0 aliphatic carbocycles.